The largest absolute Gasteiger partial charge is 0.411 e. The Morgan fingerprint density at radius 1 is 1.15 bits per heavy atom. The summed E-state index contributed by atoms with van der Waals surface area (Å²) in [6.45, 7) is 0.0471. The first-order chi connectivity index (χ1) is 9.83. The van der Waals surface area contributed by atoms with Gasteiger partial charge in [0.15, 0.2) is 0 Å². The number of hydrogen-bond acceptors (Lipinski definition) is 3. The van der Waals surface area contributed by atoms with Crippen LogP contribution in [0.4, 0.5) is 0 Å². The molecular formula is C17H21NO2. The SMILES string of the molecule is OCc1cccc(C2=C(C3CCCC3)CCC2=NO)c1. The first-order valence-corrected chi connectivity index (χ1v) is 7.48. The quantitative estimate of drug-likeness (QED) is 0.650. The summed E-state index contributed by atoms with van der Waals surface area (Å²) in [7, 11) is 0. The second kappa shape index (κ2) is 5.80. The van der Waals surface area contributed by atoms with Crippen LogP contribution in [0.3, 0.4) is 0 Å². The van der Waals surface area contributed by atoms with Gasteiger partial charge in [0.05, 0.1) is 12.3 Å². The van der Waals surface area contributed by atoms with Gasteiger partial charge in [0.25, 0.3) is 0 Å². The molecule has 1 aromatic rings. The van der Waals surface area contributed by atoms with Crippen molar-refractivity contribution >= 4 is 11.3 Å². The Morgan fingerprint density at radius 2 is 1.95 bits per heavy atom. The highest BCUT2D eigenvalue weighted by Crippen LogP contribution is 2.42. The molecule has 2 aliphatic carbocycles. The molecule has 0 atom stereocenters. The van der Waals surface area contributed by atoms with Crippen molar-refractivity contribution in [1.82, 2.24) is 0 Å². The Hall–Kier alpha value is -1.61. The van der Waals surface area contributed by atoms with E-state index in [0.717, 1.165) is 35.3 Å². The number of hydrogen-bond donors (Lipinski definition) is 2. The zero-order valence-electron chi connectivity index (χ0n) is 11.7. The highest BCUT2D eigenvalue weighted by molar-refractivity contribution is 6.26. The van der Waals surface area contributed by atoms with Crippen LogP contribution >= 0.6 is 0 Å². The summed E-state index contributed by atoms with van der Waals surface area (Å²) in [5.74, 6) is 0.655. The number of benzene rings is 1. The van der Waals surface area contributed by atoms with Crippen molar-refractivity contribution in [2.24, 2.45) is 11.1 Å². The van der Waals surface area contributed by atoms with Crippen LogP contribution in [0.2, 0.25) is 0 Å². The lowest BCUT2D eigenvalue weighted by Gasteiger charge is -2.14. The fraction of sp³-hybridized carbons (Fsp3) is 0.471. The molecular weight excluding hydrogens is 250 g/mol. The molecule has 0 spiro atoms. The van der Waals surface area contributed by atoms with Crippen LogP contribution in [0.15, 0.2) is 35.0 Å². The molecule has 3 heteroatoms. The second-order valence-electron chi connectivity index (χ2n) is 5.79. The minimum atomic E-state index is 0.0471. The van der Waals surface area contributed by atoms with E-state index in [1.54, 1.807) is 0 Å². The van der Waals surface area contributed by atoms with E-state index in [1.807, 2.05) is 18.2 Å². The number of aliphatic hydroxyl groups excluding tert-OH is 1. The van der Waals surface area contributed by atoms with E-state index in [2.05, 4.69) is 11.2 Å². The Bertz CT molecular complexity index is 554. The van der Waals surface area contributed by atoms with Crippen molar-refractivity contribution < 1.29 is 10.3 Å². The molecule has 0 aliphatic heterocycles. The van der Waals surface area contributed by atoms with Gasteiger partial charge in [-0.2, -0.15) is 0 Å². The molecule has 2 N–H and O–H groups in total. The molecule has 20 heavy (non-hydrogen) atoms. The zero-order chi connectivity index (χ0) is 13.9. The van der Waals surface area contributed by atoms with Gasteiger partial charge in [-0.05, 0) is 48.8 Å². The van der Waals surface area contributed by atoms with Crippen molar-refractivity contribution in [3.63, 3.8) is 0 Å². The lowest BCUT2D eigenvalue weighted by Crippen LogP contribution is -2.02. The molecule has 0 heterocycles. The minimum Gasteiger partial charge on any atom is -0.411 e. The molecule has 0 bridgehead atoms. The van der Waals surface area contributed by atoms with Gasteiger partial charge in [0.2, 0.25) is 0 Å². The summed E-state index contributed by atoms with van der Waals surface area (Å²) in [5, 5.41) is 22.1. The van der Waals surface area contributed by atoms with Gasteiger partial charge in [-0.3, -0.25) is 0 Å². The van der Waals surface area contributed by atoms with Crippen LogP contribution in [0, 0.1) is 5.92 Å². The summed E-state index contributed by atoms with van der Waals surface area (Å²) >= 11 is 0. The Balaban J connectivity index is 2.05. The smallest absolute Gasteiger partial charge is 0.0876 e. The first-order valence-electron chi connectivity index (χ1n) is 7.48. The third-order valence-electron chi connectivity index (χ3n) is 4.61. The topological polar surface area (TPSA) is 52.8 Å². The molecule has 0 saturated heterocycles. The lowest BCUT2D eigenvalue weighted by molar-refractivity contribution is 0.282. The van der Waals surface area contributed by atoms with Gasteiger partial charge in [-0.15, -0.1) is 0 Å². The molecule has 0 amide bonds. The highest BCUT2D eigenvalue weighted by atomic mass is 16.4. The van der Waals surface area contributed by atoms with Crippen molar-refractivity contribution in [2.45, 2.75) is 45.1 Å². The van der Waals surface area contributed by atoms with Gasteiger partial charge in [-0.1, -0.05) is 41.8 Å². The van der Waals surface area contributed by atoms with Crippen molar-refractivity contribution in [2.75, 3.05) is 0 Å². The zero-order valence-corrected chi connectivity index (χ0v) is 11.7. The maximum atomic E-state index is 9.31. The maximum absolute atomic E-state index is 9.31. The molecule has 0 unspecified atom stereocenters. The number of allylic oxidation sites excluding steroid dienone is 2. The summed E-state index contributed by atoms with van der Waals surface area (Å²) in [6, 6.07) is 7.96. The average molecular weight is 271 g/mol. The molecule has 1 fully saturated rings. The van der Waals surface area contributed by atoms with E-state index < -0.39 is 0 Å². The second-order valence-corrected chi connectivity index (χ2v) is 5.79. The summed E-state index contributed by atoms with van der Waals surface area (Å²) in [6.07, 6.45) is 6.99. The third kappa shape index (κ3) is 2.38. The van der Waals surface area contributed by atoms with Gasteiger partial charge in [0.1, 0.15) is 0 Å². The molecule has 3 rings (SSSR count). The average Bonchev–Trinajstić information content (AvgIpc) is 3.15. The number of nitrogens with zero attached hydrogens (tertiary/aromatic N) is 1. The van der Waals surface area contributed by atoms with E-state index in [-0.39, 0.29) is 6.61 Å². The molecule has 106 valence electrons. The predicted molar refractivity (Wildman–Crippen MR) is 79.7 cm³/mol. The van der Waals surface area contributed by atoms with E-state index >= 15 is 0 Å². The summed E-state index contributed by atoms with van der Waals surface area (Å²) < 4.78 is 0. The standard InChI is InChI=1S/C17H21NO2/c19-11-12-4-3-7-14(10-12)17-15(8-9-16(17)18-20)13-5-1-2-6-13/h3-4,7,10,13,19-20H,1-2,5-6,8-9,11H2. The predicted octanol–water partition coefficient (Wildman–Crippen LogP) is 3.75. The van der Waals surface area contributed by atoms with Crippen LogP contribution < -0.4 is 0 Å². The normalized spacial score (nSPS) is 22.1. The molecule has 1 aromatic carbocycles. The molecule has 0 radical (unpaired) electrons. The van der Waals surface area contributed by atoms with Crippen LogP contribution in [0.5, 0.6) is 0 Å². The first kappa shape index (κ1) is 13.4. The fourth-order valence-electron chi connectivity index (χ4n) is 3.65. The number of oxime groups is 1. The third-order valence-corrected chi connectivity index (χ3v) is 4.61. The van der Waals surface area contributed by atoms with Gasteiger partial charge < -0.3 is 10.3 Å². The van der Waals surface area contributed by atoms with E-state index in [4.69, 9.17) is 0 Å². The van der Waals surface area contributed by atoms with Crippen LogP contribution in [-0.4, -0.2) is 16.0 Å². The van der Waals surface area contributed by atoms with Crippen LogP contribution in [-0.2, 0) is 6.61 Å². The Morgan fingerprint density at radius 3 is 2.65 bits per heavy atom. The Kier molecular flexibility index (Phi) is 3.88. The van der Waals surface area contributed by atoms with Crippen molar-refractivity contribution in [1.29, 1.82) is 0 Å². The van der Waals surface area contributed by atoms with Gasteiger partial charge >= 0.3 is 0 Å². The van der Waals surface area contributed by atoms with Gasteiger partial charge in [0, 0.05) is 5.57 Å². The number of rotatable bonds is 3. The monoisotopic (exact) mass is 271 g/mol. The summed E-state index contributed by atoms with van der Waals surface area (Å²) in [5.41, 5.74) is 5.40. The van der Waals surface area contributed by atoms with Crippen molar-refractivity contribution in [3.8, 4) is 0 Å². The van der Waals surface area contributed by atoms with E-state index in [9.17, 15) is 10.3 Å². The Labute approximate surface area is 119 Å². The number of aliphatic hydroxyl groups is 1. The maximum Gasteiger partial charge on any atom is 0.0876 e. The molecule has 2 aliphatic rings. The molecule has 1 saturated carbocycles. The summed E-state index contributed by atoms with van der Waals surface area (Å²) in [4.78, 5) is 0. The minimum absolute atomic E-state index is 0.0471. The fourth-order valence-corrected chi connectivity index (χ4v) is 3.65. The molecule has 3 nitrogen and oxygen atoms in total. The highest BCUT2D eigenvalue weighted by Gasteiger charge is 2.30. The lowest BCUT2D eigenvalue weighted by atomic mass is 9.90. The van der Waals surface area contributed by atoms with Gasteiger partial charge in [-0.25, -0.2) is 0 Å². The van der Waals surface area contributed by atoms with Crippen molar-refractivity contribution in [3.05, 3.63) is 41.0 Å². The van der Waals surface area contributed by atoms with E-state index in [1.165, 1.54) is 31.3 Å². The van der Waals surface area contributed by atoms with Crippen LogP contribution in [0.25, 0.3) is 5.57 Å². The molecule has 0 aromatic heterocycles. The van der Waals surface area contributed by atoms with Crippen LogP contribution in [0.1, 0.15) is 49.7 Å². The van der Waals surface area contributed by atoms with E-state index in [0.29, 0.717) is 5.92 Å².